The van der Waals surface area contributed by atoms with Gasteiger partial charge in [0.05, 0.1) is 12.8 Å². The van der Waals surface area contributed by atoms with Crippen molar-refractivity contribution in [2.75, 3.05) is 13.1 Å². The zero-order valence-corrected chi connectivity index (χ0v) is 22.3. The Bertz CT molecular complexity index is 1400. The molecule has 0 aliphatic carbocycles. The molecule has 222 valence electrons. The molecule has 0 unspecified atom stereocenters. The first-order valence-electron chi connectivity index (χ1n) is 12.5. The minimum absolute atomic E-state index is 0.00111. The molecule has 0 bridgehead atoms. The summed E-state index contributed by atoms with van der Waals surface area (Å²) in [6, 6.07) is 7.61. The third-order valence-electron chi connectivity index (χ3n) is 6.83. The highest BCUT2D eigenvalue weighted by molar-refractivity contribution is 5.88. The van der Waals surface area contributed by atoms with Gasteiger partial charge in [-0.05, 0) is 62.5 Å². The summed E-state index contributed by atoms with van der Waals surface area (Å²) >= 11 is 0. The molecule has 0 saturated carbocycles. The third kappa shape index (κ3) is 8.20. The Kier molecular flexibility index (Phi) is 9.65. The minimum atomic E-state index is -4.49. The van der Waals surface area contributed by atoms with Gasteiger partial charge in [0.1, 0.15) is 6.33 Å². The molecule has 12 nitrogen and oxygen atoms in total. The Morgan fingerprint density at radius 1 is 0.976 bits per heavy atom. The van der Waals surface area contributed by atoms with Crippen molar-refractivity contribution in [2.24, 2.45) is 0 Å². The summed E-state index contributed by atoms with van der Waals surface area (Å²) in [6.45, 7) is 6.73. The molecule has 1 fully saturated rings. The SMILES string of the molecule is Cc1ccc(CN2CCC(c3cc(C(F)(F)F)n4ncnc4n3)CC2)cc1C.O=C(O)CC(O)(CC(=O)O)C(=O)O. The van der Waals surface area contributed by atoms with Crippen LogP contribution >= 0.6 is 0 Å². The summed E-state index contributed by atoms with van der Waals surface area (Å²) < 4.78 is 40.9. The summed E-state index contributed by atoms with van der Waals surface area (Å²) in [6.07, 6.45) is -4.12. The van der Waals surface area contributed by atoms with Gasteiger partial charge >= 0.3 is 24.1 Å². The average molecular weight is 582 g/mol. The van der Waals surface area contributed by atoms with E-state index in [2.05, 4.69) is 52.0 Å². The molecular formula is C26H30F3N5O7. The van der Waals surface area contributed by atoms with Crippen LogP contribution in [0.3, 0.4) is 0 Å². The van der Waals surface area contributed by atoms with Gasteiger partial charge in [-0.15, -0.1) is 0 Å². The fourth-order valence-electron chi connectivity index (χ4n) is 4.50. The first-order chi connectivity index (χ1) is 19.1. The van der Waals surface area contributed by atoms with Crippen molar-refractivity contribution in [1.29, 1.82) is 0 Å². The van der Waals surface area contributed by atoms with E-state index in [0.717, 1.165) is 49.4 Å². The normalized spacial score (nSPS) is 14.9. The topological polar surface area (TPSA) is 178 Å². The van der Waals surface area contributed by atoms with E-state index in [-0.39, 0.29) is 11.7 Å². The number of aromatic nitrogens is 4. The molecule has 0 spiro atoms. The molecule has 1 aliphatic rings. The average Bonchev–Trinajstić information content (AvgIpc) is 3.33. The van der Waals surface area contributed by atoms with Crippen LogP contribution < -0.4 is 0 Å². The van der Waals surface area contributed by atoms with E-state index in [4.69, 9.17) is 20.4 Å². The molecule has 0 amide bonds. The Balaban J connectivity index is 0.000000302. The van der Waals surface area contributed by atoms with Gasteiger partial charge in [0.25, 0.3) is 5.78 Å². The minimum Gasteiger partial charge on any atom is -0.481 e. The second-order valence-corrected chi connectivity index (χ2v) is 9.98. The monoisotopic (exact) mass is 581 g/mol. The predicted molar refractivity (Wildman–Crippen MR) is 136 cm³/mol. The number of carboxylic acids is 3. The maximum atomic E-state index is 13.4. The maximum Gasteiger partial charge on any atom is 0.433 e. The van der Waals surface area contributed by atoms with Gasteiger partial charge in [0.2, 0.25) is 0 Å². The van der Waals surface area contributed by atoms with E-state index in [1.165, 1.54) is 16.7 Å². The van der Waals surface area contributed by atoms with E-state index in [9.17, 15) is 27.6 Å². The number of aliphatic hydroxyl groups is 1. The summed E-state index contributed by atoms with van der Waals surface area (Å²) in [4.78, 5) is 41.0. The second-order valence-electron chi connectivity index (χ2n) is 9.98. The van der Waals surface area contributed by atoms with E-state index in [1.807, 2.05) is 0 Å². The molecule has 2 aromatic heterocycles. The van der Waals surface area contributed by atoms with Crippen LogP contribution in [0.4, 0.5) is 13.2 Å². The van der Waals surface area contributed by atoms with Crippen LogP contribution in [-0.2, 0) is 27.1 Å². The first kappa shape index (κ1) is 31.4. The van der Waals surface area contributed by atoms with Gasteiger partial charge in [-0.25, -0.2) is 9.78 Å². The van der Waals surface area contributed by atoms with Crippen LogP contribution in [0.5, 0.6) is 0 Å². The van der Waals surface area contributed by atoms with Gasteiger partial charge < -0.3 is 20.4 Å². The van der Waals surface area contributed by atoms with E-state index in [0.29, 0.717) is 5.69 Å². The number of alkyl halides is 3. The van der Waals surface area contributed by atoms with Crippen molar-refractivity contribution in [3.05, 3.63) is 58.7 Å². The molecule has 3 aromatic rings. The smallest absolute Gasteiger partial charge is 0.433 e. The predicted octanol–water partition coefficient (Wildman–Crippen LogP) is 2.89. The highest BCUT2D eigenvalue weighted by Crippen LogP contribution is 2.33. The molecule has 1 saturated heterocycles. The highest BCUT2D eigenvalue weighted by atomic mass is 19.4. The van der Waals surface area contributed by atoms with Crippen molar-refractivity contribution in [3.63, 3.8) is 0 Å². The van der Waals surface area contributed by atoms with Crippen LogP contribution in [0.15, 0.2) is 30.6 Å². The molecule has 15 heteroatoms. The standard InChI is InChI=1S/C20H22F3N5.C6H8O7/c1-13-3-4-15(9-14(13)2)11-27-7-5-16(6-8-27)17-10-18(20(21,22)23)28-19(26-17)24-12-25-28;7-3(8)1-6(13,5(11)12)2-4(9)10/h3-4,9-10,12,16H,5-8,11H2,1-2H3;13H,1-2H2,(H,7,8)(H,9,10)(H,11,12). The lowest BCUT2D eigenvalue weighted by Crippen LogP contribution is -2.42. The lowest BCUT2D eigenvalue weighted by atomic mass is 9.92. The van der Waals surface area contributed by atoms with Gasteiger partial charge in [-0.2, -0.15) is 27.8 Å². The van der Waals surface area contributed by atoms with Crippen molar-refractivity contribution in [2.45, 2.75) is 63.8 Å². The Labute approximate surface area is 232 Å². The fraction of sp³-hybridized carbons (Fsp3) is 0.462. The van der Waals surface area contributed by atoms with Gasteiger partial charge in [-0.1, -0.05) is 18.2 Å². The molecular weight excluding hydrogens is 551 g/mol. The molecule has 4 N–H and O–H groups in total. The van der Waals surface area contributed by atoms with Gasteiger partial charge in [0.15, 0.2) is 11.3 Å². The lowest BCUT2D eigenvalue weighted by Gasteiger charge is -2.32. The number of benzene rings is 1. The van der Waals surface area contributed by atoms with Gasteiger partial charge in [-0.3, -0.25) is 14.5 Å². The number of likely N-dealkylation sites (tertiary alicyclic amines) is 1. The summed E-state index contributed by atoms with van der Waals surface area (Å²) in [5.74, 6) is -5.02. The number of hydrogen-bond donors (Lipinski definition) is 4. The van der Waals surface area contributed by atoms with Crippen LogP contribution in [0.2, 0.25) is 0 Å². The van der Waals surface area contributed by atoms with Crippen LogP contribution in [0, 0.1) is 13.8 Å². The van der Waals surface area contributed by atoms with Crippen molar-refractivity contribution in [1.82, 2.24) is 24.5 Å². The fourth-order valence-corrected chi connectivity index (χ4v) is 4.50. The number of aliphatic carboxylic acids is 3. The van der Waals surface area contributed by atoms with Crippen molar-refractivity contribution >= 4 is 23.7 Å². The number of fused-ring (bicyclic) bond motifs is 1. The third-order valence-corrected chi connectivity index (χ3v) is 6.83. The van der Waals surface area contributed by atoms with E-state index in [1.54, 1.807) is 0 Å². The van der Waals surface area contributed by atoms with E-state index >= 15 is 0 Å². The number of halogens is 3. The molecule has 41 heavy (non-hydrogen) atoms. The number of piperidine rings is 1. The number of carbonyl (C=O) groups is 3. The van der Waals surface area contributed by atoms with Crippen LogP contribution in [-0.4, -0.2) is 81.5 Å². The maximum absolute atomic E-state index is 13.4. The van der Waals surface area contributed by atoms with E-state index < -0.39 is 48.2 Å². The second kappa shape index (κ2) is 12.6. The Hall–Kier alpha value is -4.11. The molecule has 0 radical (unpaired) electrons. The number of nitrogens with zero attached hydrogens (tertiary/aromatic N) is 5. The number of carboxylic acid groups (broad SMARTS) is 3. The summed E-state index contributed by atoms with van der Waals surface area (Å²) in [5, 5.41) is 37.5. The Morgan fingerprint density at radius 2 is 1.59 bits per heavy atom. The Morgan fingerprint density at radius 3 is 2.10 bits per heavy atom. The van der Waals surface area contributed by atoms with Crippen LogP contribution in [0.1, 0.15) is 59.7 Å². The number of hydrogen-bond acceptors (Lipinski definition) is 8. The number of aryl methyl sites for hydroxylation is 2. The summed E-state index contributed by atoms with van der Waals surface area (Å²) in [7, 11) is 0. The zero-order valence-electron chi connectivity index (χ0n) is 22.3. The lowest BCUT2D eigenvalue weighted by molar-refractivity contribution is -0.170. The highest BCUT2D eigenvalue weighted by Gasteiger charge is 2.41. The molecule has 4 rings (SSSR count). The van der Waals surface area contributed by atoms with Crippen LogP contribution in [0.25, 0.3) is 5.78 Å². The van der Waals surface area contributed by atoms with Crippen molar-refractivity contribution < 1.29 is 48.0 Å². The molecule has 1 aromatic carbocycles. The molecule has 0 atom stereocenters. The molecule has 1 aliphatic heterocycles. The van der Waals surface area contributed by atoms with Crippen molar-refractivity contribution in [3.8, 4) is 0 Å². The largest absolute Gasteiger partial charge is 0.481 e. The first-order valence-corrected chi connectivity index (χ1v) is 12.5. The number of rotatable bonds is 8. The van der Waals surface area contributed by atoms with Gasteiger partial charge in [0, 0.05) is 18.2 Å². The molecule has 3 heterocycles. The summed E-state index contributed by atoms with van der Waals surface area (Å²) in [5.41, 5.74) is 0.721. The zero-order chi connectivity index (χ0) is 30.5. The quantitative estimate of drug-likeness (QED) is 0.307.